The number of aliphatic hydroxyl groups excluding tert-OH is 1. The molecular formula is C20H27FN2O3. The van der Waals surface area contributed by atoms with Crippen LogP contribution in [0.3, 0.4) is 0 Å². The molecule has 2 aliphatic heterocycles. The van der Waals surface area contributed by atoms with Crippen molar-refractivity contribution < 1.29 is 19.1 Å². The van der Waals surface area contributed by atoms with E-state index in [1.807, 2.05) is 11.8 Å². The third-order valence-corrected chi connectivity index (χ3v) is 5.95. The standard InChI is InChI=1S/C20H27FN2O3/c1-15-2-3-17(21)12-16(15)13-19(26)22-8-6-20(7-9-22)5-4-18(25)23(14-20)10-11-24/h2-3,12,24H,4-11,13-14H2,1H3. The summed E-state index contributed by atoms with van der Waals surface area (Å²) < 4.78 is 13.4. The van der Waals surface area contributed by atoms with Gasteiger partial charge in [0.1, 0.15) is 5.82 Å². The number of likely N-dealkylation sites (tertiary alicyclic amines) is 2. The second-order valence-electron chi connectivity index (χ2n) is 7.67. The summed E-state index contributed by atoms with van der Waals surface area (Å²) in [6, 6.07) is 4.56. The molecule has 0 bridgehead atoms. The van der Waals surface area contributed by atoms with Crippen molar-refractivity contribution in [2.45, 2.75) is 39.0 Å². The molecule has 5 nitrogen and oxygen atoms in total. The molecule has 2 amide bonds. The molecule has 142 valence electrons. The smallest absolute Gasteiger partial charge is 0.227 e. The van der Waals surface area contributed by atoms with E-state index in [1.54, 1.807) is 11.0 Å². The van der Waals surface area contributed by atoms with Crippen molar-refractivity contribution in [3.05, 3.63) is 35.1 Å². The molecule has 2 aliphatic rings. The zero-order valence-electron chi connectivity index (χ0n) is 15.3. The van der Waals surface area contributed by atoms with Crippen molar-refractivity contribution in [1.29, 1.82) is 0 Å². The number of carbonyl (C=O) groups excluding carboxylic acids is 2. The minimum absolute atomic E-state index is 0.0145. The van der Waals surface area contributed by atoms with Crippen molar-refractivity contribution in [3.8, 4) is 0 Å². The van der Waals surface area contributed by atoms with Crippen LogP contribution < -0.4 is 0 Å². The van der Waals surface area contributed by atoms with E-state index in [-0.39, 0.29) is 36.1 Å². The zero-order valence-corrected chi connectivity index (χ0v) is 15.3. The largest absolute Gasteiger partial charge is 0.395 e. The Hall–Kier alpha value is -1.95. The lowest BCUT2D eigenvalue weighted by Gasteiger charge is -2.47. The highest BCUT2D eigenvalue weighted by atomic mass is 19.1. The number of rotatable bonds is 4. The normalized spacial score (nSPS) is 19.9. The van der Waals surface area contributed by atoms with Gasteiger partial charge in [-0.1, -0.05) is 6.07 Å². The first kappa shape index (κ1) is 18.8. The molecule has 0 aliphatic carbocycles. The van der Waals surface area contributed by atoms with Crippen LogP contribution in [-0.2, 0) is 16.0 Å². The average molecular weight is 362 g/mol. The average Bonchev–Trinajstić information content (AvgIpc) is 2.62. The van der Waals surface area contributed by atoms with Gasteiger partial charge in [0.15, 0.2) is 0 Å². The number of amides is 2. The SMILES string of the molecule is Cc1ccc(F)cc1CC(=O)N1CCC2(CCC(=O)N(CCO)C2)CC1. The molecule has 1 N–H and O–H groups in total. The van der Waals surface area contributed by atoms with Gasteiger partial charge in [-0.25, -0.2) is 4.39 Å². The molecule has 1 spiro atoms. The predicted octanol–water partition coefficient (Wildman–Crippen LogP) is 1.90. The lowest BCUT2D eigenvalue weighted by Crippen LogP contribution is -2.53. The van der Waals surface area contributed by atoms with E-state index in [2.05, 4.69) is 0 Å². The van der Waals surface area contributed by atoms with Gasteiger partial charge < -0.3 is 14.9 Å². The highest BCUT2D eigenvalue weighted by Crippen LogP contribution is 2.40. The fraction of sp³-hybridized carbons (Fsp3) is 0.600. The minimum atomic E-state index is -0.313. The molecule has 0 radical (unpaired) electrons. The van der Waals surface area contributed by atoms with Gasteiger partial charge in [0.25, 0.3) is 0 Å². The predicted molar refractivity (Wildman–Crippen MR) is 96.0 cm³/mol. The van der Waals surface area contributed by atoms with Gasteiger partial charge in [-0.15, -0.1) is 0 Å². The summed E-state index contributed by atoms with van der Waals surface area (Å²) in [5.41, 5.74) is 1.74. The fourth-order valence-electron chi connectivity index (χ4n) is 4.17. The van der Waals surface area contributed by atoms with Crippen LogP contribution in [-0.4, -0.2) is 59.5 Å². The Kier molecular flexibility index (Phi) is 5.61. The minimum Gasteiger partial charge on any atom is -0.395 e. The van der Waals surface area contributed by atoms with Gasteiger partial charge in [0, 0.05) is 32.6 Å². The first-order valence-electron chi connectivity index (χ1n) is 9.34. The number of carbonyl (C=O) groups is 2. The van der Waals surface area contributed by atoms with E-state index in [0.717, 1.165) is 30.4 Å². The lowest BCUT2D eigenvalue weighted by molar-refractivity contribution is -0.142. The molecule has 2 heterocycles. The Bertz CT molecular complexity index is 684. The van der Waals surface area contributed by atoms with Crippen LogP contribution in [0.1, 0.15) is 36.8 Å². The Morgan fingerprint density at radius 1 is 1.27 bits per heavy atom. The van der Waals surface area contributed by atoms with Crippen LogP contribution in [0.15, 0.2) is 18.2 Å². The number of aliphatic hydroxyl groups is 1. The van der Waals surface area contributed by atoms with Gasteiger partial charge in [-0.05, 0) is 54.9 Å². The Morgan fingerprint density at radius 3 is 2.69 bits per heavy atom. The summed E-state index contributed by atoms with van der Waals surface area (Å²) >= 11 is 0. The van der Waals surface area contributed by atoms with Gasteiger partial charge in [-0.2, -0.15) is 0 Å². The monoisotopic (exact) mass is 362 g/mol. The molecule has 2 fully saturated rings. The number of aryl methyl sites for hydroxylation is 1. The molecule has 2 saturated heterocycles. The second-order valence-corrected chi connectivity index (χ2v) is 7.67. The molecule has 0 unspecified atom stereocenters. The van der Waals surface area contributed by atoms with Crippen LogP contribution in [0.2, 0.25) is 0 Å². The van der Waals surface area contributed by atoms with E-state index in [9.17, 15) is 14.0 Å². The number of hydrogen-bond donors (Lipinski definition) is 1. The highest BCUT2D eigenvalue weighted by molar-refractivity contribution is 5.79. The van der Waals surface area contributed by atoms with Crippen molar-refractivity contribution in [3.63, 3.8) is 0 Å². The number of hydrogen-bond acceptors (Lipinski definition) is 3. The molecule has 1 aromatic carbocycles. The third-order valence-electron chi connectivity index (χ3n) is 5.95. The van der Waals surface area contributed by atoms with Gasteiger partial charge in [0.2, 0.25) is 11.8 Å². The van der Waals surface area contributed by atoms with Crippen LogP contribution in [0.25, 0.3) is 0 Å². The van der Waals surface area contributed by atoms with E-state index in [0.29, 0.717) is 32.6 Å². The van der Waals surface area contributed by atoms with Crippen molar-refractivity contribution in [2.75, 3.05) is 32.8 Å². The molecule has 26 heavy (non-hydrogen) atoms. The first-order chi connectivity index (χ1) is 12.4. The third kappa shape index (κ3) is 4.06. The molecule has 1 aromatic rings. The van der Waals surface area contributed by atoms with E-state index >= 15 is 0 Å². The van der Waals surface area contributed by atoms with Crippen LogP contribution in [0, 0.1) is 18.2 Å². The maximum Gasteiger partial charge on any atom is 0.227 e. The van der Waals surface area contributed by atoms with E-state index in [1.165, 1.54) is 12.1 Å². The molecular weight excluding hydrogens is 335 g/mol. The highest BCUT2D eigenvalue weighted by Gasteiger charge is 2.41. The summed E-state index contributed by atoms with van der Waals surface area (Å²) in [7, 11) is 0. The maximum atomic E-state index is 13.4. The lowest BCUT2D eigenvalue weighted by atomic mass is 9.72. The number of halogens is 1. The summed E-state index contributed by atoms with van der Waals surface area (Å²) in [5.74, 6) is -0.163. The second kappa shape index (κ2) is 7.74. The molecule has 0 saturated carbocycles. The fourth-order valence-corrected chi connectivity index (χ4v) is 4.17. The number of piperidine rings is 2. The Balaban J connectivity index is 1.58. The molecule has 6 heteroatoms. The van der Waals surface area contributed by atoms with Crippen LogP contribution in [0.4, 0.5) is 4.39 Å². The molecule has 0 aromatic heterocycles. The van der Waals surface area contributed by atoms with Crippen molar-refractivity contribution >= 4 is 11.8 Å². The summed E-state index contributed by atoms with van der Waals surface area (Å²) in [6.45, 7) is 4.30. The molecule has 0 atom stereocenters. The van der Waals surface area contributed by atoms with Gasteiger partial charge >= 0.3 is 0 Å². The number of nitrogens with zero attached hydrogens (tertiary/aromatic N) is 2. The van der Waals surface area contributed by atoms with Gasteiger partial charge in [0.05, 0.1) is 13.0 Å². The zero-order chi connectivity index (χ0) is 18.7. The maximum absolute atomic E-state index is 13.4. The summed E-state index contributed by atoms with van der Waals surface area (Å²) in [6.07, 6.45) is 3.35. The van der Waals surface area contributed by atoms with Crippen LogP contribution in [0.5, 0.6) is 0 Å². The van der Waals surface area contributed by atoms with Crippen LogP contribution >= 0.6 is 0 Å². The van der Waals surface area contributed by atoms with Crippen molar-refractivity contribution in [1.82, 2.24) is 9.80 Å². The Morgan fingerprint density at radius 2 is 2.00 bits per heavy atom. The number of β-amino-alcohol motifs (C(OH)–C–C–N with tert-alkyl or cyclic N) is 1. The summed E-state index contributed by atoms with van der Waals surface area (Å²) in [4.78, 5) is 28.2. The first-order valence-corrected chi connectivity index (χ1v) is 9.34. The quantitative estimate of drug-likeness (QED) is 0.890. The Labute approximate surface area is 153 Å². The summed E-state index contributed by atoms with van der Waals surface area (Å²) in [5, 5.41) is 9.15. The van der Waals surface area contributed by atoms with Crippen molar-refractivity contribution in [2.24, 2.45) is 5.41 Å². The van der Waals surface area contributed by atoms with E-state index in [4.69, 9.17) is 5.11 Å². The topological polar surface area (TPSA) is 60.9 Å². The van der Waals surface area contributed by atoms with Gasteiger partial charge in [-0.3, -0.25) is 9.59 Å². The number of benzene rings is 1. The molecule has 3 rings (SSSR count). The van der Waals surface area contributed by atoms with E-state index < -0.39 is 0 Å².